The molecule has 0 fully saturated rings. The number of hydrogen-bond donors (Lipinski definition) is 2. The van der Waals surface area contributed by atoms with Gasteiger partial charge in [-0.25, -0.2) is 4.98 Å². The third kappa shape index (κ3) is 4.54. The third-order valence-corrected chi connectivity index (χ3v) is 3.38. The third-order valence-electron chi connectivity index (χ3n) is 3.38. The zero-order chi connectivity index (χ0) is 17.6. The molecule has 0 spiro atoms. The van der Waals surface area contributed by atoms with Crippen LogP contribution in [0, 0.1) is 0 Å². The Hall–Kier alpha value is -3.41. The Kier molecular flexibility index (Phi) is 4.89. The van der Waals surface area contributed by atoms with Gasteiger partial charge >= 0.3 is 0 Å². The molecule has 1 heterocycles. The molecular formula is C19H17N3O3. The van der Waals surface area contributed by atoms with Crippen molar-refractivity contribution in [2.75, 3.05) is 10.6 Å². The number of rotatable bonds is 5. The summed E-state index contributed by atoms with van der Waals surface area (Å²) in [4.78, 5) is 27.6. The van der Waals surface area contributed by atoms with Crippen LogP contribution in [0.4, 0.5) is 11.4 Å². The lowest BCUT2D eigenvalue weighted by atomic mass is 10.2. The van der Waals surface area contributed by atoms with Gasteiger partial charge in [0.25, 0.3) is 0 Å². The first-order valence-corrected chi connectivity index (χ1v) is 7.77. The van der Waals surface area contributed by atoms with Gasteiger partial charge in [-0.2, -0.15) is 0 Å². The standard InChI is InChI=1S/C19H17N3O3/c1-13(23)20-15-8-5-9-16(10-15)21-18(24)11-17-12-25-19(22-17)14-6-3-2-4-7-14/h2-10,12H,11H2,1H3,(H,20,23)(H,21,24). The second-order valence-electron chi connectivity index (χ2n) is 5.50. The zero-order valence-electron chi connectivity index (χ0n) is 13.7. The van der Waals surface area contributed by atoms with Gasteiger partial charge in [-0.3, -0.25) is 9.59 Å². The number of nitrogens with one attached hydrogen (secondary N) is 2. The topological polar surface area (TPSA) is 84.2 Å². The fourth-order valence-electron chi connectivity index (χ4n) is 2.35. The molecule has 2 aromatic carbocycles. The predicted molar refractivity (Wildman–Crippen MR) is 95.0 cm³/mol. The first kappa shape index (κ1) is 16.4. The molecule has 3 rings (SSSR count). The van der Waals surface area contributed by atoms with Crippen LogP contribution in [0.2, 0.25) is 0 Å². The van der Waals surface area contributed by atoms with Crippen LogP contribution in [0.25, 0.3) is 11.5 Å². The van der Waals surface area contributed by atoms with Gasteiger partial charge in [-0.1, -0.05) is 24.3 Å². The predicted octanol–water partition coefficient (Wildman–Crippen LogP) is 3.48. The molecule has 6 nitrogen and oxygen atoms in total. The Balaban J connectivity index is 1.63. The van der Waals surface area contributed by atoms with Crippen LogP contribution in [0.5, 0.6) is 0 Å². The molecule has 0 saturated heterocycles. The van der Waals surface area contributed by atoms with Crippen molar-refractivity contribution in [3.8, 4) is 11.5 Å². The Morgan fingerprint density at radius 1 is 1.00 bits per heavy atom. The Labute approximate surface area is 144 Å². The van der Waals surface area contributed by atoms with E-state index in [2.05, 4.69) is 15.6 Å². The fourth-order valence-corrected chi connectivity index (χ4v) is 2.35. The van der Waals surface area contributed by atoms with Crippen molar-refractivity contribution in [2.45, 2.75) is 13.3 Å². The van der Waals surface area contributed by atoms with Crippen molar-refractivity contribution in [3.63, 3.8) is 0 Å². The quantitative estimate of drug-likeness (QED) is 0.747. The molecule has 0 radical (unpaired) electrons. The van der Waals surface area contributed by atoms with E-state index < -0.39 is 0 Å². The molecule has 3 aromatic rings. The molecule has 0 bridgehead atoms. The van der Waals surface area contributed by atoms with Crippen molar-refractivity contribution in [1.82, 2.24) is 4.98 Å². The summed E-state index contributed by atoms with van der Waals surface area (Å²) >= 11 is 0. The molecule has 1 aromatic heterocycles. The lowest BCUT2D eigenvalue weighted by Gasteiger charge is -2.07. The lowest BCUT2D eigenvalue weighted by Crippen LogP contribution is -2.15. The van der Waals surface area contributed by atoms with E-state index in [-0.39, 0.29) is 18.2 Å². The molecule has 6 heteroatoms. The number of anilines is 2. The first-order chi connectivity index (χ1) is 12.1. The maximum Gasteiger partial charge on any atom is 0.230 e. The smallest absolute Gasteiger partial charge is 0.230 e. The minimum absolute atomic E-state index is 0.0979. The van der Waals surface area contributed by atoms with E-state index in [1.165, 1.54) is 13.2 Å². The average molecular weight is 335 g/mol. The maximum atomic E-state index is 12.2. The van der Waals surface area contributed by atoms with Crippen LogP contribution in [0.15, 0.2) is 65.3 Å². The highest BCUT2D eigenvalue weighted by atomic mass is 16.3. The highest BCUT2D eigenvalue weighted by Gasteiger charge is 2.11. The molecule has 25 heavy (non-hydrogen) atoms. The van der Waals surface area contributed by atoms with E-state index in [9.17, 15) is 9.59 Å². The van der Waals surface area contributed by atoms with Gasteiger partial charge in [0.2, 0.25) is 17.7 Å². The normalized spacial score (nSPS) is 10.3. The van der Waals surface area contributed by atoms with Gasteiger partial charge in [-0.15, -0.1) is 0 Å². The fraction of sp³-hybridized carbons (Fsp3) is 0.105. The van der Waals surface area contributed by atoms with Crippen LogP contribution in [-0.4, -0.2) is 16.8 Å². The molecule has 126 valence electrons. The minimum atomic E-state index is -0.215. The minimum Gasteiger partial charge on any atom is -0.444 e. The van der Waals surface area contributed by atoms with E-state index >= 15 is 0 Å². The molecule has 2 amide bonds. The highest BCUT2D eigenvalue weighted by molar-refractivity contribution is 5.94. The highest BCUT2D eigenvalue weighted by Crippen LogP contribution is 2.19. The van der Waals surface area contributed by atoms with Crippen LogP contribution < -0.4 is 10.6 Å². The summed E-state index contributed by atoms with van der Waals surface area (Å²) in [6.07, 6.45) is 1.58. The largest absolute Gasteiger partial charge is 0.444 e. The second-order valence-corrected chi connectivity index (χ2v) is 5.50. The number of amides is 2. The summed E-state index contributed by atoms with van der Waals surface area (Å²) in [6, 6.07) is 16.4. The monoisotopic (exact) mass is 335 g/mol. The van der Waals surface area contributed by atoms with E-state index in [0.29, 0.717) is 23.0 Å². The van der Waals surface area contributed by atoms with E-state index in [4.69, 9.17) is 4.42 Å². The van der Waals surface area contributed by atoms with Gasteiger partial charge < -0.3 is 15.1 Å². The van der Waals surface area contributed by atoms with Gasteiger partial charge in [-0.05, 0) is 30.3 Å². The summed E-state index contributed by atoms with van der Waals surface area (Å²) in [5, 5.41) is 5.45. The lowest BCUT2D eigenvalue weighted by molar-refractivity contribution is -0.116. The van der Waals surface area contributed by atoms with Crippen LogP contribution in [0.3, 0.4) is 0 Å². The second kappa shape index (κ2) is 7.44. The van der Waals surface area contributed by atoms with Crippen LogP contribution >= 0.6 is 0 Å². The first-order valence-electron chi connectivity index (χ1n) is 7.77. The molecule has 0 aliphatic heterocycles. The number of benzene rings is 2. The summed E-state index contributed by atoms with van der Waals surface area (Å²) in [6.45, 7) is 1.43. The molecule has 0 saturated carbocycles. The van der Waals surface area contributed by atoms with Gasteiger partial charge in [0, 0.05) is 23.9 Å². The molecule has 0 atom stereocenters. The molecule has 0 unspecified atom stereocenters. The number of nitrogens with zero attached hydrogens (tertiary/aromatic N) is 1. The van der Waals surface area contributed by atoms with Crippen LogP contribution in [-0.2, 0) is 16.0 Å². The Bertz CT molecular complexity index is 888. The molecule has 0 aliphatic rings. The van der Waals surface area contributed by atoms with E-state index in [1.807, 2.05) is 30.3 Å². The number of hydrogen-bond acceptors (Lipinski definition) is 4. The molecule has 2 N–H and O–H groups in total. The van der Waals surface area contributed by atoms with E-state index in [0.717, 1.165) is 5.56 Å². The number of carbonyl (C=O) groups excluding carboxylic acids is 2. The van der Waals surface area contributed by atoms with Crippen molar-refractivity contribution >= 4 is 23.2 Å². The maximum absolute atomic E-state index is 12.2. The Morgan fingerprint density at radius 3 is 2.44 bits per heavy atom. The van der Waals surface area contributed by atoms with Crippen molar-refractivity contribution in [2.24, 2.45) is 0 Å². The summed E-state index contributed by atoms with van der Waals surface area (Å²) in [5.41, 5.74) is 2.63. The average Bonchev–Trinajstić information content (AvgIpc) is 3.03. The van der Waals surface area contributed by atoms with Crippen molar-refractivity contribution in [3.05, 3.63) is 66.6 Å². The summed E-state index contributed by atoms with van der Waals surface area (Å²) in [5.74, 6) is 0.100. The van der Waals surface area contributed by atoms with Gasteiger partial charge in [0.1, 0.15) is 6.26 Å². The van der Waals surface area contributed by atoms with Crippen molar-refractivity contribution in [1.29, 1.82) is 0 Å². The van der Waals surface area contributed by atoms with Gasteiger partial charge in [0.15, 0.2) is 0 Å². The number of oxazole rings is 1. The number of aromatic nitrogens is 1. The van der Waals surface area contributed by atoms with Crippen molar-refractivity contribution < 1.29 is 14.0 Å². The molecule has 0 aliphatic carbocycles. The molecular weight excluding hydrogens is 318 g/mol. The van der Waals surface area contributed by atoms with E-state index in [1.54, 1.807) is 24.3 Å². The SMILES string of the molecule is CC(=O)Nc1cccc(NC(=O)Cc2coc(-c3ccccc3)n2)c1. The Morgan fingerprint density at radius 2 is 1.72 bits per heavy atom. The zero-order valence-corrected chi connectivity index (χ0v) is 13.7. The van der Waals surface area contributed by atoms with Gasteiger partial charge in [0.05, 0.1) is 12.1 Å². The summed E-state index contributed by atoms with van der Waals surface area (Å²) in [7, 11) is 0. The number of carbonyl (C=O) groups is 2. The van der Waals surface area contributed by atoms with Crippen LogP contribution in [0.1, 0.15) is 12.6 Å². The summed E-state index contributed by atoms with van der Waals surface area (Å²) < 4.78 is 5.43.